The van der Waals surface area contributed by atoms with Crippen molar-refractivity contribution in [1.82, 2.24) is 19.7 Å². The summed E-state index contributed by atoms with van der Waals surface area (Å²) < 4.78 is 1.86. The number of para-hydroxylation sites is 1. The average molecular weight is 442 g/mol. The van der Waals surface area contributed by atoms with Crippen LogP contribution in [0.15, 0.2) is 84.5 Å². The van der Waals surface area contributed by atoms with Crippen molar-refractivity contribution in [2.24, 2.45) is 0 Å². The molecule has 6 nitrogen and oxygen atoms in total. The van der Waals surface area contributed by atoms with E-state index in [9.17, 15) is 4.79 Å². The summed E-state index contributed by atoms with van der Waals surface area (Å²) in [4.78, 5) is 21.4. The first-order valence-corrected chi connectivity index (χ1v) is 11.5. The standard InChI is InChI=1S/C25H23N5OS/c31-23(28-14-16-29(17-15-28)25-26-13-18-32-25)12-11-21-19-30(22-9-5-2-6-10-22)27-24(21)20-7-3-1-4-8-20/h1-13,18-19H,14-17H2/b12-11+. The zero-order chi connectivity index (χ0) is 21.8. The lowest BCUT2D eigenvalue weighted by Crippen LogP contribution is -2.48. The Morgan fingerprint density at radius 2 is 1.66 bits per heavy atom. The Balaban J connectivity index is 1.35. The molecular formula is C25H23N5OS. The minimum Gasteiger partial charge on any atom is -0.345 e. The van der Waals surface area contributed by atoms with E-state index < -0.39 is 0 Å². The van der Waals surface area contributed by atoms with Crippen LogP contribution in [0.5, 0.6) is 0 Å². The maximum Gasteiger partial charge on any atom is 0.246 e. The van der Waals surface area contributed by atoms with Crippen LogP contribution in [-0.4, -0.2) is 51.8 Å². The molecule has 2 aromatic carbocycles. The van der Waals surface area contributed by atoms with E-state index in [2.05, 4.69) is 9.88 Å². The van der Waals surface area contributed by atoms with Crippen molar-refractivity contribution in [3.8, 4) is 16.9 Å². The molecule has 2 aromatic heterocycles. The fourth-order valence-electron chi connectivity index (χ4n) is 3.80. The minimum absolute atomic E-state index is 0.0234. The van der Waals surface area contributed by atoms with Crippen LogP contribution in [0.4, 0.5) is 5.13 Å². The van der Waals surface area contributed by atoms with E-state index in [-0.39, 0.29) is 5.91 Å². The summed E-state index contributed by atoms with van der Waals surface area (Å²) in [5, 5.41) is 7.81. The normalized spacial score (nSPS) is 14.2. The van der Waals surface area contributed by atoms with E-state index in [1.54, 1.807) is 17.4 Å². The van der Waals surface area contributed by atoms with Gasteiger partial charge in [0.2, 0.25) is 5.91 Å². The van der Waals surface area contributed by atoms with Gasteiger partial charge in [-0.15, -0.1) is 11.3 Å². The Morgan fingerprint density at radius 3 is 2.34 bits per heavy atom. The van der Waals surface area contributed by atoms with Gasteiger partial charge < -0.3 is 9.80 Å². The molecule has 0 N–H and O–H groups in total. The summed E-state index contributed by atoms with van der Waals surface area (Å²) in [6, 6.07) is 20.1. The number of piperazine rings is 1. The summed E-state index contributed by atoms with van der Waals surface area (Å²) in [5.74, 6) is 0.0234. The molecule has 0 aliphatic carbocycles. The van der Waals surface area contributed by atoms with Crippen LogP contribution in [-0.2, 0) is 4.79 Å². The molecule has 32 heavy (non-hydrogen) atoms. The molecule has 1 amide bonds. The first kappa shape index (κ1) is 20.2. The number of amides is 1. The van der Waals surface area contributed by atoms with Gasteiger partial charge in [0, 0.05) is 61.2 Å². The van der Waals surface area contributed by atoms with Crippen LogP contribution in [0.25, 0.3) is 23.0 Å². The highest BCUT2D eigenvalue weighted by molar-refractivity contribution is 7.13. The van der Waals surface area contributed by atoms with E-state index >= 15 is 0 Å². The Morgan fingerprint density at radius 1 is 0.938 bits per heavy atom. The number of hydrogen-bond donors (Lipinski definition) is 0. The average Bonchev–Trinajstić information content (AvgIpc) is 3.54. The lowest BCUT2D eigenvalue weighted by Gasteiger charge is -2.34. The van der Waals surface area contributed by atoms with Gasteiger partial charge in [0.1, 0.15) is 0 Å². The van der Waals surface area contributed by atoms with Crippen molar-refractivity contribution in [2.75, 3.05) is 31.1 Å². The molecule has 1 aliphatic heterocycles. The van der Waals surface area contributed by atoms with Gasteiger partial charge in [0.05, 0.1) is 11.4 Å². The molecule has 0 spiro atoms. The van der Waals surface area contributed by atoms with Crippen molar-refractivity contribution in [1.29, 1.82) is 0 Å². The maximum absolute atomic E-state index is 12.9. The van der Waals surface area contributed by atoms with Gasteiger partial charge in [0.25, 0.3) is 0 Å². The zero-order valence-electron chi connectivity index (χ0n) is 17.5. The number of aromatic nitrogens is 3. The summed E-state index contributed by atoms with van der Waals surface area (Å²) in [5.41, 5.74) is 3.77. The zero-order valence-corrected chi connectivity index (χ0v) is 18.4. The lowest BCUT2D eigenvalue weighted by atomic mass is 10.1. The maximum atomic E-state index is 12.9. The Hall–Kier alpha value is -3.71. The number of anilines is 1. The van der Waals surface area contributed by atoms with Gasteiger partial charge in [-0.2, -0.15) is 5.10 Å². The number of thiazole rings is 1. The van der Waals surface area contributed by atoms with Gasteiger partial charge in [-0.25, -0.2) is 9.67 Å². The van der Waals surface area contributed by atoms with E-state index in [0.717, 1.165) is 40.7 Å². The number of nitrogens with zero attached hydrogens (tertiary/aromatic N) is 5. The number of benzene rings is 2. The number of carbonyl (C=O) groups excluding carboxylic acids is 1. The smallest absolute Gasteiger partial charge is 0.246 e. The summed E-state index contributed by atoms with van der Waals surface area (Å²) in [7, 11) is 0. The van der Waals surface area contributed by atoms with Crippen LogP contribution >= 0.6 is 11.3 Å². The molecule has 0 atom stereocenters. The summed E-state index contributed by atoms with van der Waals surface area (Å²) in [6.07, 6.45) is 7.34. The predicted octanol–water partition coefficient (Wildman–Crippen LogP) is 4.36. The summed E-state index contributed by atoms with van der Waals surface area (Å²) in [6.45, 7) is 2.98. The second kappa shape index (κ2) is 9.20. The second-order valence-corrected chi connectivity index (χ2v) is 8.41. The van der Waals surface area contributed by atoms with Crippen LogP contribution < -0.4 is 4.90 Å². The third-order valence-electron chi connectivity index (χ3n) is 5.50. The monoisotopic (exact) mass is 441 g/mol. The largest absolute Gasteiger partial charge is 0.345 e. The van der Waals surface area contributed by atoms with Crippen molar-refractivity contribution < 1.29 is 4.79 Å². The second-order valence-electron chi connectivity index (χ2n) is 7.54. The van der Waals surface area contributed by atoms with E-state index in [0.29, 0.717) is 13.1 Å². The molecule has 1 aliphatic rings. The third kappa shape index (κ3) is 4.33. The quantitative estimate of drug-likeness (QED) is 0.432. The molecule has 3 heterocycles. The van der Waals surface area contributed by atoms with Crippen molar-refractivity contribution in [3.63, 3.8) is 0 Å². The molecule has 1 fully saturated rings. The fraction of sp³-hybridized carbons (Fsp3) is 0.160. The van der Waals surface area contributed by atoms with Gasteiger partial charge in [-0.05, 0) is 18.2 Å². The van der Waals surface area contributed by atoms with Crippen molar-refractivity contribution in [3.05, 3.63) is 90.1 Å². The van der Waals surface area contributed by atoms with Gasteiger partial charge in [-0.3, -0.25) is 4.79 Å². The van der Waals surface area contributed by atoms with E-state index in [4.69, 9.17) is 5.10 Å². The van der Waals surface area contributed by atoms with E-state index in [1.807, 2.05) is 94.1 Å². The van der Waals surface area contributed by atoms with Gasteiger partial charge in [0.15, 0.2) is 5.13 Å². The molecule has 1 saturated heterocycles. The molecule has 0 saturated carbocycles. The Labute approximate surface area is 191 Å². The van der Waals surface area contributed by atoms with E-state index in [1.165, 1.54) is 0 Å². The molecule has 0 unspecified atom stereocenters. The minimum atomic E-state index is 0.0234. The molecule has 7 heteroatoms. The summed E-state index contributed by atoms with van der Waals surface area (Å²) >= 11 is 1.63. The highest BCUT2D eigenvalue weighted by atomic mass is 32.1. The molecular weight excluding hydrogens is 418 g/mol. The van der Waals surface area contributed by atoms with Crippen LogP contribution in [0.3, 0.4) is 0 Å². The Kier molecular flexibility index (Phi) is 5.81. The highest BCUT2D eigenvalue weighted by Gasteiger charge is 2.21. The van der Waals surface area contributed by atoms with Gasteiger partial charge in [-0.1, -0.05) is 48.5 Å². The van der Waals surface area contributed by atoms with Crippen LogP contribution in [0, 0.1) is 0 Å². The third-order valence-corrected chi connectivity index (χ3v) is 6.33. The van der Waals surface area contributed by atoms with Crippen molar-refractivity contribution >= 4 is 28.5 Å². The first-order valence-electron chi connectivity index (χ1n) is 10.6. The number of carbonyl (C=O) groups is 1. The Bertz CT molecular complexity index is 1190. The topological polar surface area (TPSA) is 54.3 Å². The molecule has 5 rings (SSSR count). The van der Waals surface area contributed by atoms with Gasteiger partial charge >= 0.3 is 0 Å². The number of hydrogen-bond acceptors (Lipinski definition) is 5. The SMILES string of the molecule is O=C(/C=C/c1cn(-c2ccccc2)nc1-c1ccccc1)N1CCN(c2nccs2)CC1. The highest BCUT2D eigenvalue weighted by Crippen LogP contribution is 2.25. The lowest BCUT2D eigenvalue weighted by molar-refractivity contribution is -0.126. The first-order chi connectivity index (χ1) is 15.8. The molecule has 160 valence electrons. The fourth-order valence-corrected chi connectivity index (χ4v) is 4.50. The van der Waals surface area contributed by atoms with Crippen molar-refractivity contribution in [2.45, 2.75) is 0 Å². The molecule has 4 aromatic rings. The number of rotatable bonds is 5. The van der Waals surface area contributed by atoms with Crippen LogP contribution in [0.1, 0.15) is 5.56 Å². The molecule has 0 radical (unpaired) electrons. The predicted molar refractivity (Wildman–Crippen MR) is 129 cm³/mol. The molecule has 0 bridgehead atoms. The van der Waals surface area contributed by atoms with Crippen LogP contribution in [0.2, 0.25) is 0 Å².